The molecule has 0 bridgehead atoms. The van der Waals surface area contributed by atoms with Gasteiger partial charge in [0.1, 0.15) is 5.69 Å². The lowest BCUT2D eigenvalue weighted by atomic mass is 10.1. The fourth-order valence-electron chi connectivity index (χ4n) is 2.22. The van der Waals surface area contributed by atoms with E-state index in [1.54, 1.807) is 6.20 Å². The monoisotopic (exact) mass is 252 g/mol. The molecule has 1 fully saturated rings. The van der Waals surface area contributed by atoms with Crippen LogP contribution in [0.5, 0.6) is 0 Å². The molecule has 3 rings (SSSR count). The van der Waals surface area contributed by atoms with Crippen LogP contribution < -0.4 is 0 Å². The molecule has 0 saturated heterocycles. The second-order valence-electron chi connectivity index (χ2n) is 3.95. The molecule has 3 nitrogen and oxygen atoms in total. The largest absolute Gasteiger partial charge is 0.331 e. The van der Waals surface area contributed by atoms with Gasteiger partial charge in [-0.2, -0.15) is 0 Å². The van der Waals surface area contributed by atoms with Crippen LogP contribution in [0.2, 0.25) is 0 Å². The molecule has 0 aromatic carbocycles. The van der Waals surface area contributed by atoms with E-state index < -0.39 is 0 Å². The van der Waals surface area contributed by atoms with Crippen molar-refractivity contribution in [2.75, 3.05) is 7.05 Å². The molecule has 72 valence electrons. The third-order valence-corrected chi connectivity index (χ3v) is 3.66. The zero-order valence-corrected chi connectivity index (χ0v) is 9.34. The first-order valence-electron chi connectivity index (χ1n) is 4.59. The number of rotatable bonds is 0. The average molecular weight is 253 g/mol. The number of carbonyl (C=O) groups is 1. The average Bonchev–Trinajstić information content (AvgIpc) is 2.93. The van der Waals surface area contributed by atoms with E-state index >= 15 is 0 Å². The summed E-state index contributed by atoms with van der Waals surface area (Å²) in [7, 11) is 1.87. The molecule has 2 heterocycles. The van der Waals surface area contributed by atoms with Crippen molar-refractivity contribution >= 4 is 21.8 Å². The Morgan fingerprint density at radius 3 is 2.93 bits per heavy atom. The molecule has 1 aromatic rings. The van der Waals surface area contributed by atoms with Crippen LogP contribution in [0.4, 0.5) is 0 Å². The van der Waals surface area contributed by atoms with E-state index in [1.165, 1.54) is 0 Å². The van der Waals surface area contributed by atoms with Crippen molar-refractivity contribution < 1.29 is 4.79 Å². The summed E-state index contributed by atoms with van der Waals surface area (Å²) in [5.74, 6) is 0.0602. The highest BCUT2D eigenvalue weighted by Crippen LogP contribution is 2.55. The highest BCUT2D eigenvalue weighted by Gasteiger charge is 2.57. The molecule has 4 heteroatoms. The predicted molar refractivity (Wildman–Crippen MR) is 54.9 cm³/mol. The van der Waals surface area contributed by atoms with Crippen LogP contribution in [-0.2, 0) is 5.54 Å². The standard InChI is InChI=1S/C10H9BrN2O/c1-13-9(14)8-7(10(13)2-3-10)4-6(11)5-12-8/h4-5H,2-3H2,1H3. The highest BCUT2D eigenvalue weighted by atomic mass is 79.9. The Morgan fingerprint density at radius 2 is 2.29 bits per heavy atom. The summed E-state index contributed by atoms with van der Waals surface area (Å²) < 4.78 is 0.950. The Morgan fingerprint density at radius 1 is 1.57 bits per heavy atom. The van der Waals surface area contributed by atoms with E-state index in [1.807, 2.05) is 18.0 Å². The molecule has 1 spiro atoms. The van der Waals surface area contributed by atoms with Crippen LogP contribution in [0, 0.1) is 0 Å². The minimum Gasteiger partial charge on any atom is -0.331 e. The van der Waals surface area contributed by atoms with Gasteiger partial charge in [0.15, 0.2) is 0 Å². The summed E-state index contributed by atoms with van der Waals surface area (Å²) >= 11 is 3.39. The van der Waals surface area contributed by atoms with Gasteiger partial charge >= 0.3 is 0 Å². The van der Waals surface area contributed by atoms with Gasteiger partial charge in [0.05, 0.1) is 5.54 Å². The molecule has 0 unspecified atom stereocenters. The number of pyridine rings is 1. The van der Waals surface area contributed by atoms with Crippen LogP contribution in [-0.4, -0.2) is 22.8 Å². The lowest BCUT2D eigenvalue weighted by Gasteiger charge is -2.18. The van der Waals surface area contributed by atoms with Crippen LogP contribution in [0.3, 0.4) is 0 Å². The van der Waals surface area contributed by atoms with Crippen molar-refractivity contribution in [3.05, 3.63) is 28.0 Å². The summed E-state index contributed by atoms with van der Waals surface area (Å²) in [5, 5.41) is 0. The molecular formula is C10H9BrN2O. The number of halogens is 1. The second kappa shape index (κ2) is 2.37. The van der Waals surface area contributed by atoms with Crippen LogP contribution in [0.1, 0.15) is 28.9 Å². The first-order valence-corrected chi connectivity index (χ1v) is 5.39. The normalized spacial score (nSPS) is 21.6. The molecule has 2 aliphatic rings. The molecule has 0 atom stereocenters. The SMILES string of the molecule is CN1C(=O)c2ncc(Br)cc2C12CC2. The van der Waals surface area contributed by atoms with Crippen LogP contribution in [0.25, 0.3) is 0 Å². The molecule has 1 aliphatic carbocycles. The molecule has 1 saturated carbocycles. The second-order valence-corrected chi connectivity index (χ2v) is 4.86. The third-order valence-electron chi connectivity index (χ3n) is 3.23. The van der Waals surface area contributed by atoms with Gasteiger partial charge in [0.2, 0.25) is 0 Å². The van der Waals surface area contributed by atoms with Gasteiger partial charge in [-0.1, -0.05) is 0 Å². The molecule has 0 radical (unpaired) electrons. The van der Waals surface area contributed by atoms with Crippen molar-refractivity contribution in [2.24, 2.45) is 0 Å². The van der Waals surface area contributed by atoms with E-state index in [0.717, 1.165) is 22.9 Å². The van der Waals surface area contributed by atoms with E-state index in [9.17, 15) is 4.79 Å². The van der Waals surface area contributed by atoms with Gasteiger partial charge in [0, 0.05) is 23.3 Å². The summed E-state index contributed by atoms with van der Waals surface area (Å²) in [4.78, 5) is 17.8. The minimum absolute atomic E-state index is 0.0107. The van der Waals surface area contributed by atoms with Gasteiger partial charge in [-0.3, -0.25) is 4.79 Å². The van der Waals surface area contributed by atoms with Crippen molar-refractivity contribution in [3.8, 4) is 0 Å². The quantitative estimate of drug-likeness (QED) is 0.707. The first kappa shape index (κ1) is 8.41. The Labute approximate surface area is 90.3 Å². The van der Waals surface area contributed by atoms with E-state index in [-0.39, 0.29) is 11.4 Å². The first-order chi connectivity index (χ1) is 6.65. The molecule has 0 N–H and O–H groups in total. The van der Waals surface area contributed by atoms with Crippen molar-refractivity contribution in [1.82, 2.24) is 9.88 Å². The number of amides is 1. The third kappa shape index (κ3) is 0.823. The number of fused-ring (bicyclic) bond motifs is 2. The Balaban J connectivity index is 2.27. The van der Waals surface area contributed by atoms with Crippen molar-refractivity contribution in [1.29, 1.82) is 0 Å². The van der Waals surface area contributed by atoms with Gasteiger partial charge in [0.25, 0.3) is 5.91 Å². The number of carbonyl (C=O) groups excluding carboxylic acids is 1. The fraction of sp³-hybridized carbons (Fsp3) is 0.400. The summed E-state index contributed by atoms with van der Waals surface area (Å²) in [6.07, 6.45) is 3.83. The lowest BCUT2D eigenvalue weighted by molar-refractivity contribution is 0.0751. The smallest absolute Gasteiger partial charge is 0.273 e. The molecule has 1 aromatic heterocycles. The minimum atomic E-state index is -0.0107. The van der Waals surface area contributed by atoms with Crippen LogP contribution >= 0.6 is 15.9 Å². The maximum absolute atomic E-state index is 11.8. The summed E-state index contributed by atoms with van der Waals surface area (Å²) in [5.41, 5.74) is 1.72. The zero-order valence-electron chi connectivity index (χ0n) is 7.75. The van der Waals surface area contributed by atoms with Crippen molar-refractivity contribution in [3.63, 3.8) is 0 Å². The number of aromatic nitrogens is 1. The van der Waals surface area contributed by atoms with Gasteiger partial charge in [-0.25, -0.2) is 4.98 Å². The highest BCUT2D eigenvalue weighted by molar-refractivity contribution is 9.10. The summed E-state index contributed by atoms with van der Waals surface area (Å²) in [6.45, 7) is 0. The van der Waals surface area contributed by atoms with Crippen molar-refractivity contribution in [2.45, 2.75) is 18.4 Å². The Hall–Kier alpha value is -0.900. The topological polar surface area (TPSA) is 33.2 Å². The zero-order chi connectivity index (χ0) is 9.92. The van der Waals surface area contributed by atoms with E-state index in [2.05, 4.69) is 20.9 Å². The fourth-order valence-corrected chi connectivity index (χ4v) is 2.55. The van der Waals surface area contributed by atoms with Gasteiger partial charge in [-0.15, -0.1) is 0 Å². The Kier molecular flexibility index (Phi) is 1.42. The summed E-state index contributed by atoms with van der Waals surface area (Å²) in [6, 6.07) is 2.02. The predicted octanol–water partition coefficient (Wildman–Crippen LogP) is 1.92. The number of nitrogens with zero attached hydrogens (tertiary/aromatic N) is 2. The van der Waals surface area contributed by atoms with Crippen LogP contribution in [0.15, 0.2) is 16.7 Å². The number of hydrogen-bond donors (Lipinski definition) is 0. The molecule has 1 aliphatic heterocycles. The maximum atomic E-state index is 11.8. The molecule has 14 heavy (non-hydrogen) atoms. The van der Waals surface area contributed by atoms with E-state index in [0.29, 0.717) is 5.69 Å². The van der Waals surface area contributed by atoms with Gasteiger partial charge < -0.3 is 4.90 Å². The Bertz CT molecular complexity index is 440. The maximum Gasteiger partial charge on any atom is 0.273 e. The number of hydrogen-bond acceptors (Lipinski definition) is 2. The lowest BCUT2D eigenvalue weighted by Crippen LogP contribution is -2.28. The molecular weight excluding hydrogens is 244 g/mol. The van der Waals surface area contributed by atoms with E-state index in [4.69, 9.17) is 0 Å². The molecule has 1 amide bonds. The van der Waals surface area contributed by atoms with Gasteiger partial charge in [-0.05, 0) is 34.8 Å².